The van der Waals surface area contributed by atoms with Crippen LogP contribution in [0.15, 0.2) is 33.5 Å². The van der Waals surface area contributed by atoms with Crippen molar-refractivity contribution in [3.63, 3.8) is 0 Å². The van der Waals surface area contributed by atoms with E-state index in [2.05, 4.69) is 20.4 Å². The summed E-state index contributed by atoms with van der Waals surface area (Å²) in [4.78, 5) is 14.6. The molecule has 0 spiro atoms. The molecule has 1 aromatic carbocycles. The molecule has 2 aliphatic rings. The number of hydrogen-bond donors (Lipinski definition) is 1. The number of carbonyl (C=O) groups is 1. The number of sulfonamides is 1. The molecule has 0 aliphatic carbocycles. The van der Waals surface area contributed by atoms with Gasteiger partial charge in [-0.2, -0.15) is 4.31 Å². The number of thioether (sulfide) groups is 1. The van der Waals surface area contributed by atoms with E-state index in [1.165, 1.54) is 39.5 Å². The molecule has 2 aromatic rings. The van der Waals surface area contributed by atoms with Gasteiger partial charge in [0.05, 0.1) is 37.1 Å². The van der Waals surface area contributed by atoms with Gasteiger partial charge in [0, 0.05) is 31.9 Å². The second-order valence-electron chi connectivity index (χ2n) is 6.83. The van der Waals surface area contributed by atoms with Crippen LogP contribution in [0.2, 0.25) is 0 Å². The molecule has 168 valence electrons. The fraction of sp³-hybridized carbons (Fsp3) is 0.500. The van der Waals surface area contributed by atoms with Crippen molar-refractivity contribution in [3.8, 4) is 0 Å². The van der Waals surface area contributed by atoms with Crippen LogP contribution in [0, 0.1) is 0 Å². The molecule has 0 bridgehead atoms. The van der Waals surface area contributed by atoms with Gasteiger partial charge in [0.1, 0.15) is 0 Å². The minimum Gasteiger partial charge on any atom is -0.379 e. The normalized spacial score (nSPS) is 18.1. The molecule has 0 unspecified atom stereocenters. The zero-order valence-corrected chi connectivity index (χ0v) is 19.2. The van der Waals surface area contributed by atoms with Crippen molar-refractivity contribution in [3.05, 3.63) is 24.3 Å². The Balaban J connectivity index is 1.33. The highest BCUT2D eigenvalue weighted by molar-refractivity contribution is 8.01. The molecule has 13 heteroatoms. The molecule has 2 aliphatic heterocycles. The summed E-state index contributed by atoms with van der Waals surface area (Å²) in [5.74, 6) is -0.0906. The van der Waals surface area contributed by atoms with Gasteiger partial charge in [-0.3, -0.25) is 4.79 Å². The average Bonchev–Trinajstić information content (AvgIpc) is 3.28. The highest BCUT2D eigenvalue weighted by atomic mass is 32.2. The van der Waals surface area contributed by atoms with Gasteiger partial charge in [0.25, 0.3) is 0 Å². The molecule has 0 radical (unpaired) electrons. The van der Waals surface area contributed by atoms with E-state index in [1.54, 1.807) is 12.1 Å². The van der Waals surface area contributed by atoms with Crippen molar-refractivity contribution >= 4 is 49.8 Å². The van der Waals surface area contributed by atoms with Crippen LogP contribution >= 0.6 is 23.1 Å². The standard InChI is InChI=1S/C18H23N5O5S3/c24-16(13-29-18-21-20-17(30-18)22-4-8-27-9-5-22)19-14-2-1-3-15(12-14)31(25,26)23-6-10-28-11-7-23/h1-3,12H,4-11,13H2,(H,19,24). The van der Waals surface area contributed by atoms with E-state index in [1.807, 2.05) is 0 Å². The van der Waals surface area contributed by atoms with Crippen LogP contribution in [-0.2, 0) is 24.3 Å². The molecular weight excluding hydrogens is 462 g/mol. The van der Waals surface area contributed by atoms with Crippen LogP contribution in [0.1, 0.15) is 0 Å². The number of benzene rings is 1. The largest absolute Gasteiger partial charge is 0.379 e. The van der Waals surface area contributed by atoms with Gasteiger partial charge in [-0.1, -0.05) is 29.2 Å². The number of anilines is 2. The number of hydrogen-bond acceptors (Lipinski definition) is 10. The van der Waals surface area contributed by atoms with Gasteiger partial charge in [0.2, 0.25) is 21.1 Å². The quantitative estimate of drug-likeness (QED) is 0.576. The van der Waals surface area contributed by atoms with E-state index in [9.17, 15) is 13.2 Å². The molecule has 31 heavy (non-hydrogen) atoms. The number of morpholine rings is 2. The Kier molecular flexibility index (Phi) is 7.40. The second-order valence-corrected chi connectivity index (χ2v) is 10.9. The van der Waals surface area contributed by atoms with Crippen LogP contribution in [0.5, 0.6) is 0 Å². The number of nitrogens with zero attached hydrogens (tertiary/aromatic N) is 4. The lowest BCUT2D eigenvalue weighted by Crippen LogP contribution is -2.40. The average molecular weight is 486 g/mol. The lowest BCUT2D eigenvalue weighted by atomic mass is 10.3. The number of ether oxygens (including phenoxy) is 2. The Morgan fingerprint density at radius 1 is 1.10 bits per heavy atom. The number of rotatable bonds is 7. The smallest absolute Gasteiger partial charge is 0.243 e. The molecule has 10 nitrogen and oxygen atoms in total. The van der Waals surface area contributed by atoms with Crippen LogP contribution in [0.25, 0.3) is 0 Å². The molecular formula is C18H23N5O5S3. The summed E-state index contributed by atoms with van der Waals surface area (Å²) in [6.45, 7) is 4.31. The summed E-state index contributed by atoms with van der Waals surface area (Å²) in [6.07, 6.45) is 0. The van der Waals surface area contributed by atoms with Gasteiger partial charge in [-0.25, -0.2) is 8.42 Å². The maximum absolute atomic E-state index is 12.8. The van der Waals surface area contributed by atoms with E-state index < -0.39 is 10.0 Å². The molecule has 4 rings (SSSR count). The summed E-state index contributed by atoms with van der Waals surface area (Å²) in [6, 6.07) is 6.30. The topological polar surface area (TPSA) is 114 Å². The Hall–Kier alpha value is -1.77. The molecule has 1 N–H and O–H groups in total. The summed E-state index contributed by atoms with van der Waals surface area (Å²) < 4.78 is 38.3. The van der Waals surface area contributed by atoms with E-state index in [0.717, 1.165) is 18.2 Å². The molecule has 2 fully saturated rings. The van der Waals surface area contributed by atoms with Gasteiger partial charge in [0.15, 0.2) is 4.34 Å². The Bertz CT molecular complexity index is 1000. The monoisotopic (exact) mass is 485 g/mol. The Morgan fingerprint density at radius 3 is 2.55 bits per heavy atom. The fourth-order valence-corrected chi connectivity index (χ4v) is 6.28. The molecule has 3 heterocycles. The summed E-state index contributed by atoms with van der Waals surface area (Å²) >= 11 is 2.75. The third-order valence-corrected chi connectivity index (χ3v) is 8.74. The van der Waals surface area contributed by atoms with Gasteiger partial charge in [-0.05, 0) is 18.2 Å². The van der Waals surface area contributed by atoms with Crippen molar-refractivity contribution in [2.75, 3.05) is 68.6 Å². The Morgan fingerprint density at radius 2 is 1.81 bits per heavy atom. The van der Waals surface area contributed by atoms with Gasteiger partial charge < -0.3 is 19.7 Å². The second kappa shape index (κ2) is 10.2. The first-order chi connectivity index (χ1) is 15.0. The zero-order valence-electron chi connectivity index (χ0n) is 16.7. The maximum atomic E-state index is 12.8. The van der Waals surface area contributed by atoms with E-state index in [0.29, 0.717) is 49.5 Å². The molecule has 0 atom stereocenters. The maximum Gasteiger partial charge on any atom is 0.243 e. The summed E-state index contributed by atoms with van der Waals surface area (Å²) in [5.41, 5.74) is 0.436. The lowest BCUT2D eigenvalue weighted by molar-refractivity contribution is -0.113. The van der Waals surface area contributed by atoms with E-state index in [4.69, 9.17) is 9.47 Å². The highest BCUT2D eigenvalue weighted by Crippen LogP contribution is 2.28. The first-order valence-electron chi connectivity index (χ1n) is 9.79. The molecule has 1 aromatic heterocycles. The minimum atomic E-state index is -3.62. The van der Waals surface area contributed by atoms with Crippen LogP contribution in [0.3, 0.4) is 0 Å². The molecule has 2 saturated heterocycles. The predicted octanol–water partition coefficient (Wildman–Crippen LogP) is 1.13. The van der Waals surface area contributed by atoms with Crippen LogP contribution in [0.4, 0.5) is 10.8 Å². The number of aromatic nitrogens is 2. The highest BCUT2D eigenvalue weighted by Gasteiger charge is 2.26. The van der Waals surface area contributed by atoms with Crippen LogP contribution in [-0.4, -0.2) is 87.2 Å². The lowest BCUT2D eigenvalue weighted by Gasteiger charge is -2.26. The van der Waals surface area contributed by atoms with Crippen LogP contribution < -0.4 is 10.2 Å². The van der Waals surface area contributed by atoms with Crippen molar-refractivity contribution < 1.29 is 22.7 Å². The summed E-state index contributed by atoms with van der Waals surface area (Å²) in [7, 11) is -3.62. The molecule has 0 saturated carbocycles. The van der Waals surface area contributed by atoms with Crippen molar-refractivity contribution in [1.82, 2.24) is 14.5 Å². The third kappa shape index (κ3) is 5.73. The third-order valence-electron chi connectivity index (χ3n) is 4.73. The van der Waals surface area contributed by atoms with Crippen molar-refractivity contribution in [1.29, 1.82) is 0 Å². The molecule has 1 amide bonds. The number of carbonyl (C=O) groups excluding carboxylic acids is 1. The van der Waals surface area contributed by atoms with Crippen molar-refractivity contribution in [2.24, 2.45) is 0 Å². The fourth-order valence-electron chi connectivity index (χ4n) is 3.14. The number of amides is 1. The Labute approximate surface area is 189 Å². The van der Waals surface area contributed by atoms with Gasteiger partial charge >= 0.3 is 0 Å². The van der Waals surface area contributed by atoms with Gasteiger partial charge in [-0.15, -0.1) is 10.2 Å². The minimum absolute atomic E-state index is 0.151. The van der Waals surface area contributed by atoms with E-state index in [-0.39, 0.29) is 16.6 Å². The van der Waals surface area contributed by atoms with Crippen molar-refractivity contribution in [2.45, 2.75) is 9.24 Å². The predicted molar refractivity (Wildman–Crippen MR) is 118 cm³/mol. The SMILES string of the molecule is O=C(CSc1nnc(N2CCOCC2)s1)Nc1cccc(S(=O)(=O)N2CCOCC2)c1. The summed E-state index contributed by atoms with van der Waals surface area (Å²) in [5, 5.41) is 11.9. The zero-order chi connectivity index (χ0) is 21.7. The van der Waals surface area contributed by atoms with E-state index >= 15 is 0 Å². The number of nitrogens with one attached hydrogen (secondary N) is 1. The first-order valence-corrected chi connectivity index (χ1v) is 13.0. The first kappa shape index (κ1) is 22.4.